The van der Waals surface area contributed by atoms with Gasteiger partial charge in [0.25, 0.3) is 0 Å². The fraction of sp³-hybridized carbons (Fsp3) is 0.385. The first-order chi connectivity index (χ1) is 8.16. The third-order valence-corrected chi connectivity index (χ3v) is 2.84. The molecule has 0 fully saturated rings. The van der Waals surface area contributed by atoms with E-state index in [1.807, 2.05) is 37.1 Å². The SMILES string of the molecule is Cc1cccnc1CNCc1cn(C)nc1C. The van der Waals surface area contributed by atoms with Crippen LogP contribution in [0.25, 0.3) is 0 Å². The highest BCUT2D eigenvalue weighted by atomic mass is 15.2. The Morgan fingerprint density at radius 3 is 2.76 bits per heavy atom. The van der Waals surface area contributed by atoms with E-state index >= 15 is 0 Å². The van der Waals surface area contributed by atoms with Gasteiger partial charge in [0.15, 0.2) is 0 Å². The predicted octanol–water partition coefficient (Wildman–Crippen LogP) is 1.72. The lowest BCUT2D eigenvalue weighted by molar-refractivity contribution is 0.673. The van der Waals surface area contributed by atoms with E-state index in [9.17, 15) is 0 Å². The van der Waals surface area contributed by atoms with Gasteiger partial charge in [0.1, 0.15) is 0 Å². The van der Waals surface area contributed by atoms with Crippen molar-refractivity contribution in [2.24, 2.45) is 7.05 Å². The molecular formula is C13H18N4. The van der Waals surface area contributed by atoms with Crippen LogP contribution in [0.5, 0.6) is 0 Å². The van der Waals surface area contributed by atoms with Crippen LogP contribution in [0.3, 0.4) is 0 Å². The van der Waals surface area contributed by atoms with E-state index in [1.165, 1.54) is 11.1 Å². The van der Waals surface area contributed by atoms with Crippen molar-refractivity contribution in [1.29, 1.82) is 0 Å². The first-order valence-corrected chi connectivity index (χ1v) is 5.77. The standard InChI is InChI=1S/C13H18N4/c1-10-5-4-6-15-13(10)8-14-7-12-9-17(3)16-11(12)2/h4-6,9,14H,7-8H2,1-3H3. The first-order valence-electron chi connectivity index (χ1n) is 5.77. The summed E-state index contributed by atoms with van der Waals surface area (Å²) in [6, 6.07) is 4.05. The molecule has 0 radical (unpaired) electrons. The van der Waals surface area contributed by atoms with Crippen LogP contribution in [-0.4, -0.2) is 14.8 Å². The lowest BCUT2D eigenvalue weighted by Gasteiger charge is -2.05. The molecule has 4 nitrogen and oxygen atoms in total. The number of nitrogens with one attached hydrogen (secondary N) is 1. The Kier molecular flexibility index (Phi) is 3.54. The van der Waals surface area contributed by atoms with Gasteiger partial charge in [-0.25, -0.2) is 0 Å². The lowest BCUT2D eigenvalue weighted by atomic mass is 10.2. The lowest BCUT2D eigenvalue weighted by Crippen LogP contribution is -2.14. The maximum Gasteiger partial charge on any atom is 0.0638 e. The second-order valence-corrected chi connectivity index (χ2v) is 4.28. The number of hydrogen-bond acceptors (Lipinski definition) is 3. The third-order valence-electron chi connectivity index (χ3n) is 2.84. The molecule has 0 atom stereocenters. The van der Waals surface area contributed by atoms with Gasteiger partial charge in [-0.15, -0.1) is 0 Å². The maximum atomic E-state index is 4.35. The molecule has 0 aliphatic rings. The quantitative estimate of drug-likeness (QED) is 0.869. The van der Waals surface area contributed by atoms with E-state index in [2.05, 4.69) is 28.4 Å². The average molecular weight is 230 g/mol. The van der Waals surface area contributed by atoms with Gasteiger partial charge in [-0.2, -0.15) is 5.10 Å². The summed E-state index contributed by atoms with van der Waals surface area (Å²) in [6.45, 7) is 5.74. The molecule has 0 aromatic carbocycles. The molecule has 0 saturated carbocycles. The normalized spacial score (nSPS) is 10.8. The number of pyridine rings is 1. The molecule has 2 aromatic heterocycles. The third kappa shape index (κ3) is 2.91. The topological polar surface area (TPSA) is 42.7 Å². The fourth-order valence-corrected chi connectivity index (χ4v) is 1.84. The van der Waals surface area contributed by atoms with Gasteiger partial charge in [-0.3, -0.25) is 9.67 Å². The average Bonchev–Trinajstić information content (AvgIpc) is 2.60. The summed E-state index contributed by atoms with van der Waals surface area (Å²) in [7, 11) is 1.94. The number of aromatic nitrogens is 3. The summed E-state index contributed by atoms with van der Waals surface area (Å²) < 4.78 is 1.85. The molecule has 0 amide bonds. The van der Waals surface area contributed by atoms with E-state index < -0.39 is 0 Å². The molecule has 0 aliphatic heterocycles. The molecule has 2 aromatic rings. The molecule has 0 aliphatic carbocycles. The Morgan fingerprint density at radius 2 is 2.12 bits per heavy atom. The predicted molar refractivity (Wildman–Crippen MR) is 67.5 cm³/mol. The van der Waals surface area contributed by atoms with Crippen molar-refractivity contribution in [3.63, 3.8) is 0 Å². The van der Waals surface area contributed by atoms with E-state index in [-0.39, 0.29) is 0 Å². The highest BCUT2D eigenvalue weighted by molar-refractivity contribution is 5.18. The van der Waals surface area contributed by atoms with Crippen molar-refractivity contribution in [1.82, 2.24) is 20.1 Å². The van der Waals surface area contributed by atoms with E-state index in [0.29, 0.717) is 0 Å². The van der Waals surface area contributed by atoms with Crippen molar-refractivity contribution in [2.45, 2.75) is 26.9 Å². The van der Waals surface area contributed by atoms with Crippen molar-refractivity contribution in [3.8, 4) is 0 Å². The van der Waals surface area contributed by atoms with Crippen LogP contribution in [0.2, 0.25) is 0 Å². The van der Waals surface area contributed by atoms with Gasteiger partial charge < -0.3 is 5.32 Å². The van der Waals surface area contributed by atoms with Crippen molar-refractivity contribution < 1.29 is 0 Å². The molecule has 2 rings (SSSR count). The molecule has 2 heterocycles. The monoisotopic (exact) mass is 230 g/mol. The van der Waals surface area contributed by atoms with E-state index in [1.54, 1.807) is 0 Å². The molecule has 4 heteroatoms. The highest BCUT2D eigenvalue weighted by Gasteiger charge is 2.03. The van der Waals surface area contributed by atoms with Gasteiger partial charge in [0, 0.05) is 38.1 Å². The number of rotatable bonds is 4. The summed E-state index contributed by atoms with van der Waals surface area (Å²) >= 11 is 0. The van der Waals surface area contributed by atoms with Crippen molar-refractivity contribution >= 4 is 0 Å². The first kappa shape index (κ1) is 11.8. The summed E-state index contributed by atoms with van der Waals surface area (Å²) in [5, 5.41) is 7.71. The van der Waals surface area contributed by atoms with Crippen LogP contribution in [0.1, 0.15) is 22.5 Å². The molecule has 90 valence electrons. The Bertz CT molecular complexity index is 502. The molecular weight excluding hydrogens is 212 g/mol. The molecule has 1 N–H and O–H groups in total. The minimum Gasteiger partial charge on any atom is -0.307 e. The van der Waals surface area contributed by atoms with Crippen LogP contribution in [0.15, 0.2) is 24.5 Å². The molecule has 17 heavy (non-hydrogen) atoms. The molecule has 0 unspecified atom stereocenters. The van der Waals surface area contributed by atoms with Gasteiger partial charge >= 0.3 is 0 Å². The van der Waals surface area contributed by atoms with Crippen LogP contribution in [0.4, 0.5) is 0 Å². The summed E-state index contributed by atoms with van der Waals surface area (Å²) in [4.78, 5) is 4.35. The van der Waals surface area contributed by atoms with Gasteiger partial charge in [-0.1, -0.05) is 6.07 Å². The van der Waals surface area contributed by atoms with Gasteiger partial charge in [0.2, 0.25) is 0 Å². The van der Waals surface area contributed by atoms with Crippen LogP contribution < -0.4 is 5.32 Å². The Hall–Kier alpha value is -1.68. The largest absolute Gasteiger partial charge is 0.307 e. The van der Waals surface area contributed by atoms with E-state index in [0.717, 1.165) is 24.5 Å². The number of aryl methyl sites for hydroxylation is 3. The summed E-state index contributed by atoms with van der Waals surface area (Å²) in [5.41, 5.74) is 4.65. The molecule has 0 spiro atoms. The summed E-state index contributed by atoms with van der Waals surface area (Å²) in [6.07, 6.45) is 3.88. The highest BCUT2D eigenvalue weighted by Crippen LogP contribution is 2.06. The second kappa shape index (κ2) is 5.10. The summed E-state index contributed by atoms with van der Waals surface area (Å²) in [5.74, 6) is 0. The minimum atomic E-state index is 0.793. The number of nitrogens with zero attached hydrogens (tertiary/aromatic N) is 3. The molecule has 0 saturated heterocycles. The number of hydrogen-bond donors (Lipinski definition) is 1. The zero-order chi connectivity index (χ0) is 12.3. The van der Waals surface area contributed by atoms with Gasteiger partial charge in [0.05, 0.1) is 11.4 Å². The maximum absolute atomic E-state index is 4.35. The Morgan fingerprint density at radius 1 is 1.29 bits per heavy atom. The zero-order valence-electron chi connectivity index (χ0n) is 10.6. The second-order valence-electron chi connectivity index (χ2n) is 4.28. The van der Waals surface area contributed by atoms with Gasteiger partial charge in [-0.05, 0) is 25.5 Å². The van der Waals surface area contributed by atoms with E-state index in [4.69, 9.17) is 0 Å². The van der Waals surface area contributed by atoms with Crippen molar-refractivity contribution in [3.05, 3.63) is 47.0 Å². The molecule has 0 bridgehead atoms. The minimum absolute atomic E-state index is 0.793. The smallest absolute Gasteiger partial charge is 0.0638 e. The van der Waals surface area contributed by atoms with Crippen LogP contribution >= 0.6 is 0 Å². The fourth-order valence-electron chi connectivity index (χ4n) is 1.84. The Labute approximate surface area is 102 Å². The zero-order valence-corrected chi connectivity index (χ0v) is 10.6. The van der Waals surface area contributed by atoms with Crippen LogP contribution in [-0.2, 0) is 20.1 Å². The van der Waals surface area contributed by atoms with Crippen LogP contribution in [0, 0.1) is 13.8 Å². The Balaban J connectivity index is 1.92. The van der Waals surface area contributed by atoms with Crippen molar-refractivity contribution in [2.75, 3.05) is 0 Å².